The van der Waals surface area contributed by atoms with Crippen LogP contribution in [0.25, 0.3) is 11.0 Å². The molecule has 1 aliphatic heterocycles. The largest absolute Gasteiger partial charge is 0.497 e. The molecule has 1 fully saturated rings. The maximum Gasteiger partial charge on any atom is 0.123 e. The highest BCUT2D eigenvalue weighted by Crippen LogP contribution is 2.29. The zero-order chi connectivity index (χ0) is 12.4. The van der Waals surface area contributed by atoms with Crippen LogP contribution in [0.5, 0.6) is 5.75 Å². The highest BCUT2D eigenvalue weighted by molar-refractivity contribution is 5.89. The molecule has 0 atom stereocenters. The van der Waals surface area contributed by atoms with E-state index in [4.69, 9.17) is 4.74 Å². The lowest BCUT2D eigenvalue weighted by molar-refractivity contribution is 0.415. The summed E-state index contributed by atoms with van der Waals surface area (Å²) in [7, 11) is 1.68. The Morgan fingerprint density at radius 1 is 1.17 bits per heavy atom. The number of methoxy groups -OCH3 is 1. The quantitative estimate of drug-likeness (QED) is 0.855. The third kappa shape index (κ3) is 1.97. The Hall–Kier alpha value is -1.88. The number of hydrogen-bond acceptors (Lipinski definition) is 5. The standard InChI is InChI=1S/C13H16N4O/c1-18-10-8-11-13(16-3-2-15-11)12(9-10)17-6-4-14-5-7-17/h2-3,8-9,14H,4-7H2,1H3. The molecular weight excluding hydrogens is 228 g/mol. The van der Waals surface area contributed by atoms with Crippen LogP contribution in [0.4, 0.5) is 5.69 Å². The number of nitrogens with one attached hydrogen (secondary N) is 1. The van der Waals surface area contributed by atoms with Crippen molar-refractivity contribution in [1.29, 1.82) is 0 Å². The summed E-state index contributed by atoms with van der Waals surface area (Å²) in [5.74, 6) is 0.830. The molecule has 94 valence electrons. The number of fused-ring (bicyclic) bond motifs is 1. The number of hydrogen-bond donors (Lipinski definition) is 1. The molecule has 3 rings (SSSR count). The zero-order valence-corrected chi connectivity index (χ0v) is 10.4. The molecule has 1 aliphatic rings. The predicted octanol–water partition coefficient (Wildman–Crippen LogP) is 1.05. The van der Waals surface area contributed by atoms with Crippen molar-refractivity contribution in [2.45, 2.75) is 0 Å². The first-order valence-corrected chi connectivity index (χ1v) is 6.13. The average Bonchev–Trinajstić information content (AvgIpc) is 2.47. The molecule has 2 aromatic rings. The van der Waals surface area contributed by atoms with Crippen LogP contribution in [0.1, 0.15) is 0 Å². The molecule has 18 heavy (non-hydrogen) atoms. The molecule has 2 heterocycles. The van der Waals surface area contributed by atoms with Crippen molar-refractivity contribution in [2.75, 3.05) is 38.2 Å². The molecule has 0 amide bonds. The van der Waals surface area contributed by atoms with Gasteiger partial charge in [0.1, 0.15) is 11.3 Å². The predicted molar refractivity (Wildman–Crippen MR) is 71.2 cm³/mol. The van der Waals surface area contributed by atoms with Gasteiger partial charge in [-0.15, -0.1) is 0 Å². The average molecular weight is 244 g/mol. The summed E-state index contributed by atoms with van der Waals surface area (Å²) in [6.07, 6.45) is 3.45. The zero-order valence-electron chi connectivity index (χ0n) is 10.4. The molecule has 5 heteroatoms. The SMILES string of the molecule is COc1cc(N2CCNCC2)c2nccnc2c1. The maximum atomic E-state index is 5.34. The smallest absolute Gasteiger partial charge is 0.123 e. The van der Waals surface area contributed by atoms with Crippen molar-refractivity contribution in [2.24, 2.45) is 0 Å². The van der Waals surface area contributed by atoms with Gasteiger partial charge in [0.15, 0.2) is 0 Å². The fourth-order valence-electron chi connectivity index (χ4n) is 2.30. The Labute approximate surface area is 106 Å². The van der Waals surface area contributed by atoms with E-state index in [1.165, 1.54) is 0 Å². The molecule has 0 radical (unpaired) electrons. The van der Waals surface area contributed by atoms with Crippen LogP contribution in [0, 0.1) is 0 Å². The Balaban J connectivity index is 2.12. The number of nitrogens with zero attached hydrogens (tertiary/aromatic N) is 3. The van der Waals surface area contributed by atoms with E-state index in [9.17, 15) is 0 Å². The highest BCUT2D eigenvalue weighted by atomic mass is 16.5. The number of anilines is 1. The van der Waals surface area contributed by atoms with Gasteiger partial charge >= 0.3 is 0 Å². The number of ether oxygens (including phenoxy) is 1. The molecule has 0 aliphatic carbocycles. The minimum atomic E-state index is 0.830. The fraction of sp³-hybridized carbons (Fsp3) is 0.385. The maximum absolute atomic E-state index is 5.34. The molecule has 0 bridgehead atoms. The summed E-state index contributed by atoms with van der Waals surface area (Å²) in [6.45, 7) is 3.97. The Kier molecular flexibility index (Phi) is 2.98. The number of aromatic nitrogens is 2. The van der Waals surface area contributed by atoms with Crippen molar-refractivity contribution in [3.8, 4) is 5.75 Å². The van der Waals surface area contributed by atoms with Crippen LogP contribution >= 0.6 is 0 Å². The first-order valence-electron chi connectivity index (χ1n) is 6.13. The van der Waals surface area contributed by atoms with E-state index in [2.05, 4.69) is 20.2 Å². The third-order valence-corrected chi connectivity index (χ3v) is 3.22. The van der Waals surface area contributed by atoms with Gasteiger partial charge in [-0.3, -0.25) is 9.97 Å². The summed E-state index contributed by atoms with van der Waals surface area (Å²) < 4.78 is 5.34. The Morgan fingerprint density at radius 3 is 2.72 bits per heavy atom. The van der Waals surface area contributed by atoms with Gasteiger partial charge in [0.05, 0.1) is 18.3 Å². The molecule has 0 saturated carbocycles. The Morgan fingerprint density at radius 2 is 1.94 bits per heavy atom. The van der Waals surface area contributed by atoms with Crippen LogP contribution in [0.15, 0.2) is 24.5 Å². The molecule has 1 N–H and O–H groups in total. The third-order valence-electron chi connectivity index (χ3n) is 3.22. The van der Waals surface area contributed by atoms with Crippen LogP contribution in [-0.2, 0) is 0 Å². The summed E-state index contributed by atoms with van der Waals surface area (Å²) >= 11 is 0. The summed E-state index contributed by atoms with van der Waals surface area (Å²) in [6, 6.07) is 3.97. The second-order valence-electron chi connectivity index (χ2n) is 4.31. The van der Waals surface area contributed by atoms with Crippen LogP contribution < -0.4 is 15.0 Å². The van der Waals surface area contributed by atoms with Gasteiger partial charge in [0, 0.05) is 50.7 Å². The van der Waals surface area contributed by atoms with Crippen LogP contribution in [0.2, 0.25) is 0 Å². The van der Waals surface area contributed by atoms with E-state index < -0.39 is 0 Å². The minimum absolute atomic E-state index is 0.830. The molecule has 1 saturated heterocycles. The van der Waals surface area contributed by atoms with E-state index in [0.29, 0.717) is 0 Å². The molecule has 1 aromatic heterocycles. The van der Waals surface area contributed by atoms with Gasteiger partial charge < -0.3 is 15.0 Å². The molecule has 0 unspecified atom stereocenters. The first-order chi connectivity index (χ1) is 8.88. The number of benzene rings is 1. The van der Waals surface area contributed by atoms with Gasteiger partial charge in [-0.2, -0.15) is 0 Å². The summed E-state index contributed by atoms with van der Waals surface area (Å²) in [5, 5.41) is 3.35. The number of piperazine rings is 1. The van der Waals surface area contributed by atoms with Gasteiger partial charge in [-0.25, -0.2) is 0 Å². The van der Waals surface area contributed by atoms with Crippen molar-refractivity contribution in [1.82, 2.24) is 15.3 Å². The van der Waals surface area contributed by atoms with Crippen molar-refractivity contribution in [3.63, 3.8) is 0 Å². The normalized spacial score (nSPS) is 15.9. The molecular formula is C13H16N4O. The van der Waals surface area contributed by atoms with Crippen LogP contribution in [0.3, 0.4) is 0 Å². The van der Waals surface area contributed by atoms with Crippen LogP contribution in [-0.4, -0.2) is 43.3 Å². The van der Waals surface area contributed by atoms with Crippen molar-refractivity contribution >= 4 is 16.7 Å². The topological polar surface area (TPSA) is 50.3 Å². The highest BCUT2D eigenvalue weighted by Gasteiger charge is 2.15. The van der Waals surface area contributed by atoms with E-state index >= 15 is 0 Å². The Bertz CT molecular complexity index is 552. The van der Waals surface area contributed by atoms with Gasteiger partial charge in [-0.05, 0) is 0 Å². The first kappa shape index (κ1) is 11.2. The molecule has 0 spiro atoms. The minimum Gasteiger partial charge on any atom is -0.497 e. The van der Waals surface area contributed by atoms with E-state index in [1.807, 2.05) is 12.1 Å². The lowest BCUT2D eigenvalue weighted by atomic mass is 10.2. The summed E-state index contributed by atoms with van der Waals surface area (Å²) in [5.41, 5.74) is 2.93. The van der Waals surface area contributed by atoms with Crippen molar-refractivity contribution in [3.05, 3.63) is 24.5 Å². The van der Waals surface area contributed by atoms with E-state index in [-0.39, 0.29) is 0 Å². The second-order valence-corrected chi connectivity index (χ2v) is 4.31. The lowest BCUT2D eigenvalue weighted by Crippen LogP contribution is -2.43. The van der Waals surface area contributed by atoms with E-state index in [1.54, 1.807) is 19.5 Å². The second kappa shape index (κ2) is 4.78. The monoisotopic (exact) mass is 244 g/mol. The summed E-state index contributed by atoms with van der Waals surface area (Å²) in [4.78, 5) is 11.1. The lowest BCUT2D eigenvalue weighted by Gasteiger charge is -2.30. The van der Waals surface area contributed by atoms with Gasteiger partial charge in [-0.1, -0.05) is 0 Å². The van der Waals surface area contributed by atoms with Crippen molar-refractivity contribution < 1.29 is 4.74 Å². The number of rotatable bonds is 2. The molecule has 1 aromatic carbocycles. The van der Waals surface area contributed by atoms with Gasteiger partial charge in [0.25, 0.3) is 0 Å². The van der Waals surface area contributed by atoms with Gasteiger partial charge in [0.2, 0.25) is 0 Å². The van der Waals surface area contributed by atoms with E-state index in [0.717, 1.165) is 48.6 Å². The molecule has 5 nitrogen and oxygen atoms in total. The fourth-order valence-corrected chi connectivity index (χ4v) is 2.30.